The zero-order valence-electron chi connectivity index (χ0n) is 15.7. The number of hydrogen-bond donors (Lipinski definition) is 0. The molecule has 0 saturated carbocycles. The first-order chi connectivity index (χ1) is 13.2. The van der Waals surface area contributed by atoms with Crippen LogP contribution in [0.2, 0.25) is 0 Å². The highest BCUT2D eigenvalue weighted by Gasteiger charge is 2.09. The Hall–Kier alpha value is -3.01. The van der Waals surface area contributed by atoms with Crippen molar-refractivity contribution in [1.82, 2.24) is 0 Å². The molecule has 4 nitrogen and oxygen atoms in total. The van der Waals surface area contributed by atoms with E-state index >= 15 is 0 Å². The summed E-state index contributed by atoms with van der Waals surface area (Å²) in [6, 6.07) is 15.6. The van der Waals surface area contributed by atoms with Crippen molar-refractivity contribution in [1.29, 1.82) is 0 Å². The fourth-order valence-corrected chi connectivity index (χ4v) is 2.94. The van der Waals surface area contributed by atoms with Crippen LogP contribution in [-0.4, -0.2) is 13.2 Å². The molecule has 0 unspecified atom stereocenters. The van der Waals surface area contributed by atoms with Crippen LogP contribution >= 0.6 is 0 Å². The van der Waals surface area contributed by atoms with Crippen molar-refractivity contribution in [2.24, 2.45) is 0 Å². The zero-order valence-corrected chi connectivity index (χ0v) is 15.7. The lowest BCUT2D eigenvalue weighted by atomic mass is 10.0. The highest BCUT2D eigenvalue weighted by Crippen LogP contribution is 2.16. The molecule has 0 N–H and O–H groups in total. The van der Waals surface area contributed by atoms with E-state index in [2.05, 4.69) is 0 Å². The van der Waals surface area contributed by atoms with Gasteiger partial charge in [0, 0.05) is 24.0 Å². The zero-order chi connectivity index (χ0) is 19.1. The predicted molar refractivity (Wildman–Crippen MR) is 106 cm³/mol. The van der Waals surface area contributed by atoms with Gasteiger partial charge in [0.25, 0.3) is 0 Å². The Morgan fingerprint density at radius 1 is 0.704 bits per heavy atom. The summed E-state index contributed by atoms with van der Waals surface area (Å²) in [5, 5.41) is 0. The van der Waals surface area contributed by atoms with E-state index in [1.165, 1.54) is 0 Å². The largest absolute Gasteiger partial charge is 0.494 e. The summed E-state index contributed by atoms with van der Waals surface area (Å²) in [4.78, 5) is 12.8. The van der Waals surface area contributed by atoms with Gasteiger partial charge in [0.1, 0.15) is 11.5 Å². The van der Waals surface area contributed by atoms with Gasteiger partial charge in [-0.05, 0) is 49.2 Å². The fourth-order valence-electron chi connectivity index (χ4n) is 2.94. The van der Waals surface area contributed by atoms with Crippen molar-refractivity contribution >= 4 is 0 Å². The summed E-state index contributed by atoms with van der Waals surface area (Å²) in [5.74, 6) is 1.66. The van der Waals surface area contributed by atoms with Gasteiger partial charge in [-0.3, -0.25) is 4.79 Å². The molecule has 0 saturated heterocycles. The van der Waals surface area contributed by atoms with Crippen LogP contribution in [0.4, 0.5) is 0 Å². The maximum Gasteiger partial charge on any atom is 0.191 e. The maximum absolute atomic E-state index is 12.8. The molecule has 1 aromatic heterocycles. The van der Waals surface area contributed by atoms with Crippen molar-refractivity contribution in [3.8, 4) is 11.5 Å². The van der Waals surface area contributed by atoms with Gasteiger partial charge in [-0.1, -0.05) is 24.3 Å². The number of rotatable bonds is 8. The minimum atomic E-state index is 0.0315. The molecule has 2 aromatic carbocycles. The van der Waals surface area contributed by atoms with Crippen molar-refractivity contribution in [3.05, 3.63) is 93.5 Å². The molecule has 0 radical (unpaired) electrons. The van der Waals surface area contributed by atoms with Crippen molar-refractivity contribution in [2.75, 3.05) is 13.2 Å². The molecule has 0 spiro atoms. The van der Waals surface area contributed by atoms with Crippen LogP contribution in [0.1, 0.15) is 36.1 Å². The lowest BCUT2D eigenvalue weighted by Crippen LogP contribution is -2.14. The molecule has 140 valence electrons. The molecule has 4 heteroatoms. The third kappa shape index (κ3) is 5.00. The molecule has 0 aliphatic carbocycles. The first kappa shape index (κ1) is 18.8. The Kier molecular flexibility index (Phi) is 6.31. The van der Waals surface area contributed by atoms with Gasteiger partial charge in [0.05, 0.1) is 25.7 Å². The van der Waals surface area contributed by atoms with Gasteiger partial charge in [-0.25, -0.2) is 0 Å². The van der Waals surface area contributed by atoms with E-state index in [1.807, 2.05) is 62.4 Å². The van der Waals surface area contributed by atoms with E-state index in [0.717, 1.165) is 22.6 Å². The highest BCUT2D eigenvalue weighted by molar-refractivity contribution is 5.34. The molecule has 1 heterocycles. The Labute approximate surface area is 159 Å². The first-order valence-corrected chi connectivity index (χ1v) is 9.21. The fraction of sp³-hybridized carbons (Fsp3) is 0.261. The van der Waals surface area contributed by atoms with Crippen molar-refractivity contribution < 1.29 is 13.9 Å². The third-order valence-corrected chi connectivity index (χ3v) is 4.26. The Balaban J connectivity index is 1.74. The standard InChI is InChI=1S/C23H24O4/c1-3-26-21-9-5-17(6-10-21)13-19-15-25-16-20(23(19)24)14-18-7-11-22(12-8-18)27-4-2/h5-12,15-16H,3-4,13-14H2,1-2H3. The highest BCUT2D eigenvalue weighted by atomic mass is 16.5. The second-order valence-corrected chi connectivity index (χ2v) is 6.26. The van der Waals surface area contributed by atoms with Crippen molar-refractivity contribution in [3.63, 3.8) is 0 Å². The van der Waals surface area contributed by atoms with Crippen LogP contribution < -0.4 is 14.9 Å². The minimum absolute atomic E-state index is 0.0315. The Bertz CT molecular complexity index is 836. The molecule has 27 heavy (non-hydrogen) atoms. The molecule has 0 aliphatic heterocycles. The van der Waals surface area contributed by atoms with Gasteiger partial charge in [0.2, 0.25) is 0 Å². The molecule has 0 fully saturated rings. The van der Waals surface area contributed by atoms with Gasteiger partial charge in [-0.2, -0.15) is 0 Å². The molecule has 0 aliphatic rings. The number of benzene rings is 2. The third-order valence-electron chi connectivity index (χ3n) is 4.26. The number of ether oxygens (including phenoxy) is 2. The summed E-state index contributed by atoms with van der Waals surface area (Å²) >= 11 is 0. The van der Waals surface area contributed by atoms with E-state index in [1.54, 1.807) is 12.5 Å². The summed E-state index contributed by atoms with van der Waals surface area (Å²) < 4.78 is 16.3. The quantitative estimate of drug-likeness (QED) is 0.585. The van der Waals surface area contributed by atoms with Crippen LogP contribution in [0.25, 0.3) is 0 Å². The van der Waals surface area contributed by atoms with E-state index in [4.69, 9.17) is 13.9 Å². The molecular formula is C23H24O4. The lowest BCUT2D eigenvalue weighted by molar-refractivity contribution is 0.340. The van der Waals surface area contributed by atoms with Crippen LogP contribution in [0.3, 0.4) is 0 Å². The normalized spacial score (nSPS) is 10.6. The van der Waals surface area contributed by atoms with Crippen LogP contribution in [0.15, 0.2) is 70.3 Å². The smallest absolute Gasteiger partial charge is 0.191 e. The van der Waals surface area contributed by atoms with Crippen LogP contribution in [0.5, 0.6) is 11.5 Å². The molecule has 0 amide bonds. The van der Waals surface area contributed by atoms with Crippen molar-refractivity contribution in [2.45, 2.75) is 26.7 Å². The van der Waals surface area contributed by atoms with Crippen LogP contribution in [-0.2, 0) is 12.8 Å². The molecular weight excluding hydrogens is 340 g/mol. The van der Waals surface area contributed by atoms with E-state index in [-0.39, 0.29) is 5.43 Å². The molecule has 3 rings (SSSR count). The van der Waals surface area contributed by atoms with E-state index in [0.29, 0.717) is 37.2 Å². The summed E-state index contributed by atoms with van der Waals surface area (Å²) in [6.45, 7) is 5.18. The molecule has 3 aromatic rings. The Morgan fingerprint density at radius 3 is 1.48 bits per heavy atom. The predicted octanol–water partition coefficient (Wildman–Crippen LogP) is 4.62. The van der Waals surface area contributed by atoms with E-state index < -0.39 is 0 Å². The van der Waals surface area contributed by atoms with Crippen LogP contribution in [0, 0.1) is 0 Å². The number of hydrogen-bond acceptors (Lipinski definition) is 4. The maximum atomic E-state index is 12.8. The van der Waals surface area contributed by atoms with Gasteiger partial charge in [0.15, 0.2) is 5.43 Å². The molecule has 0 atom stereocenters. The van der Waals surface area contributed by atoms with Gasteiger partial charge in [-0.15, -0.1) is 0 Å². The summed E-state index contributed by atoms with van der Waals surface area (Å²) in [6.07, 6.45) is 4.15. The SMILES string of the molecule is CCOc1ccc(Cc2cocc(Cc3ccc(OCC)cc3)c2=O)cc1. The first-order valence-electron chi connectivity index (χ1n) is 9.21. The summed E-state index contributed by atoms with van der Waals surface area (Å²) in [5.41, 5.74) is 3.43. The second-order valence-electron chi connectivity index (χ2n) is 6.26. The Morgan fingerprint density at radius 2 is 1.11 bits per heavy atom. The topological polar surface area (TPSA) is 48.7 Å². The lowest BCUT2D eigenvalue weighted by Gasteiger charge is -2.07. The second kappa shape index (κ2) is 9.08. The average Bonchev–Trinajstić information content (AvgIpc) is 2.68. The minimum Gasteiger partial charge on any atom is -0.494 e. The molecule has 0 bridgehead atoms. The summed E-state index contributed by atoms with van der Waals surface area (Å²) in [7, 11) is 0. The van der Waals surface area contributed by atoms with Gasteiger partial charge < -0.3 is 13.9 Å². The van der Waals surface area contributed by atoms with Gasteiger partial charge >= 0.3 is 0 Å². The average molecular weight is 364 g/mol. The monoisotopic (exact) mass is 364 g/mol. The van der Waals surface area contributed by atoms with E-state index in [9.17, 15) is 4.79 Å².